The Hall–Kier alpha value is -2.21. The number of hydrogen-bond acceptors (Lipinski definition) is 5. The molecule has 0 saturated carbocycles. The number of ether oxygens (including phenoxy) is 2. The first-order valence-electron chi connectivity index (χ1n) is 10.4. The van der Waals surface area contributed by atoms with Gasteiger partial charge in [-0.15, -0.1) is 0 Å². The molecule has 4 rings (SSSR count). The van der Waals surface area contributed by atoms with Gasteiger partial charge in [0.2, 0.25) is 5.60 Å². The summed E-state index contributed by atoms with van der Waals surface area (Å²) in [6.07, 6.45) is 3.94. The molecular weight excluding hydrogens is 366 g/mol. The van der Waals surface area contributed by atoms with Crippen LogP contribution >= 0.6 is 0 Å². The number of benzene rings is 2. The fourth-order valence-electron chi connectivity index (χ4n) is 4.86. The van der Waals surface area contributed by atoms with Gasteiger partial charge in [-0.1, -0.05) is 60.7 Å². The van der Waals surface area contributed by atoms with E-state index in [1.165, 1.54) is 12.8 Å². The fourth-order valence-corrected chi connectivity index (χ4v) is 4.86. The van der Waals surface area contributed by atoms with Gasteiger partial charge in [0, 0.05) is 12.1 Å². The molecule has 0 spiro atoms. The van der Waals surface area contributed by atoms with Crippen LogP contribution in [0.1, 0.15) is 36.8 Å². The van der Waals surface area contributed by atoms with Crippen LogP contribution in [0.2, 0.25) is 0 Å². The maximum absolute atomic E-state index is 13.7. The molecule has 2 bridgehead atoms. The van der Waals surface area contributed by atoms with Crippen LogP contribution in [0.5, 0.6) is 0 Å². The molecule has 1 N–H and O–H groups in total. The Morgan fingerprint density at radius 3 is 2.00 bits per heavy atom. The number of aliphatic hydroxyl groups is 1. The number of esters is 1. The summed E-state index contributed by atoms with van der Waals surface area (Å²) in [4.78, 5) is 16.1. The highest BCUT2D eigenvalue weighted by molar-refractivity contribution is 5.86. The molecule has 29 heavy (non-hydrogen) atoms. The number of hydrogen-bond donors (Lipinski definition) is 1. The van der Waals surface area contributed by atoms with Gasteiger partial charge in [0.25, 0.3) is 0 Å². The SMILES string of the molecule is CN1C2CCC1CC(OC(=O)C(OCCO)(c1ccccc1)c1ccccc1)C2. The van der Waals surface area contributed by atoms with E-state index in [1.807, 2.05) is 60.7 Å². The van der Waals surface area contributed by atoms with Crippen LogP contribution in [-0.4, -0.2) is 54.4 Å². The molecule has 5 heteroatoms. The second-order valence-electron chi connectivity index (χ2n) is 8.03. The van der Waals surface area contributed by atoms with Crippen molar-refractivity contribution >= 4 is 5.97 Å². The van der Waals surface area contributed by atoms with Crippen LogP contribution in [0.25, 0.3) is 0 Å². The molecule has 0 aliphatic carbocycles. The topological polar surface area (TPSA) is 59.0 Å². The molecular formula is C24H29NO4. The number of piperidine rings is 1. The second-order valence-corrected chi connectivity index (χ2v) is 8.03. The number of carbonyl (C=O) groups is 1. The number of carbonyl (C=O) groups excluding carboxylic acids is 1. The van der Waals surface area contributed by atoms with Crippen LogP contribution in [-0.2, 0) is 19.9 Å². The highest BCUT2D eigenvalue weighted by atomic mass is 16.6. The summed E-state index contributed by atoms with van der Waals surface area (Å²) in [6.45, 7) is -0.134. The van der Waals surface area contributed by atoms with Crippen molar-refractivity contribution in [2.45, 2.75) is 49.5 Å². The Morgan fingerprint density at radius 2 is 1.52 bits per heavy atom. The standard InChI is InChI=1S/C24H29NO4/c1-25-20-12-13-21(25)17-22(16-20)29-23(27)24(28-15-14-26,18-8-4-2-5-9-18)19-10-6-3-7-11-19/h2-11,20-22,26H,12-17H2,1H3. The van der Waals surface area contributed by atoms with E-state index in [9.17, 15) is 9.90 Å². The van der Waals surface area contributed by atoms with Crippen LogP contribution in [0.4, 0.5) is 0 Å². The average Bonchev–Trinajstić information content (AvgIpc) is 2.96. The van der Waals surface area contributed by atoms with E-state index in [0.29, 0.717) is 23.2 Å². The summed E-state index contributed by atoms with van der Waals surface area (Å²) in [5.74, 6) is -0.405. The number of rotatable bonds is 7. The molecule has 154 valence electrons. The summed E-state index contributed by atoms with van der Waals surface area (Å²) in [5, 5.41) is 9.45. The second kappa shape index (κ2) is 8.66. The van der Waals surface area contributed by atoms with Crippen molar-refractivity contribution in [3.05, 3.63) is 71.8 Å². The number of aliphatic hydroxyl groups excluding tert-OH is 1. The first-order chi connectivity index (χ1) is 14.1. The predicted octanol–water partition coefficient (Wildman–Crippen LogP) is 3.11. The Kier molecular flexibility index (Phi) is 5.99. The molecule has 2 aliphatic heterocycles. The fraction of sp³-hybridized carbons (Fsp3) is 0.458. The van der Waals surface area contributed by atoms with Gasteiger partial charge in [0.1, 0.15) is 6.10 Å². The van der Waals surface area contributed by atoms with Gasteiger partial charge in [-0.2, -0.15) is 0 Å². The third-order valence-electron chi connectivity index (χ3n) is 6.39. The van der Waals surface area contributed by atoms with Crippen molar-refractivity contribution in [1.82, 2.24) is 4.90 Å². The molecule has 2 unspecified atom stereocenters. The van der Waals surface area contributed by atoms with Gasteiger partial charge in [-0.05, 0) is 43.9 Å². The third-order valence-corrected chi connectivity index (χ3v) is 6.39. The molecule has 2 aromatic carbocycles. The third kappa shape index (κ3) is 3.82. The minimum atomic E-state index is -1.40. The first-order valence-corrected chi connectivity index (χ1v) is 10.4. The number of fused-ring (bicyclic) bond motifs is 2. The van der Waals surface area contributed by atoms with Crippen molar-refractivity contribution in [3.8, 4) is 0 Å². The van der Waals surface area contributed by atoms with Crippen molar-refractivity contribution < 1.29 is 19.4 Å². The molecule has 0 amide bonds. The van der Waals surface area contributed by atoms with E-state index in [4.69, 9.17) is 9.47 Å². The zero-order chi connectivity index (χ0) is 20.3. The Morgan fingerprint density at radius 1 is 1.00 bits per heavy atom. The lowest BCUT2D eigenvalue weighted by molar-refractivity contribution is -0.178. The van der Waals surface area contributed by atoms with Gasteiger partial charge in [-0.25, -0.2) is 4.79 Å². The highest BCUT2D eigenvalue weighted by Crippen LogP contribution is 2.39. The van der Waals surface area contributed by atoms with Crippen molar-refractivity contribution in [2.75, 3.05) is 20.3 Å². The molecule has 2 fully saturated rings. The van der Waals surface area contributed by atoms with Gasteiger partial charge >= 0.3 is 5.97 Å². The average molecular weight is 395 g/mol. The predicted molar refractivity (Wildman–Crippen MR) is 110 cm³/mol. The van der Waals surface area contributed by atoms with Gasteiger partial charge in [0.05, 0.1) is 13.2 Å². The Bertz CT molecular complexity index is 757. The lowest BCUT2D eigenvalue weighted by Crippen LogP contribution is -2.47. The summed E-state index contributed by atoms with van der Waals surface area (Å²) in [5.41, 5.74) is 0.0225. The molecule has 5 nitrogen and oxygen atoms in total. The Balaban J connectivity index is 1.68. The van der Waals surface area contributed by atoms with E-state index < -0.39 is 11.6 Å². The van der Waals surface area contributed by atoms with Gasteiger partial charge in [-0.3, -0.25) is 0 Å². The molecule has 2 saturated heterocycles. The monoisotopic (exact) mass is 395 g/mol. The number of nitrogens with zero attached hydrogens (tertiary/aromatic N) is 1. The first kappa shape index (κ1) is 20.1. The highest BCUT2D eigenvalue weighted by Gasteiger charge is 2.48. The molecule has 0 aromatic heterocycles. The molecule has 2 aliphatic rings. The largest absolute Gasteiger partial charge is 0.460 e. The van der Waals surface area contributed by atoms with E-state index in [-0.39, 0.29) is 19.3 Å². The zero-order valence-corrected chi connectivity index (χ0v) is 16.9. The minimum Gasteiger partial charge on any atom is -0.460 e. The van der Waals surface area contributed by atoms with Crippen LogP contribution in [0.15, 0.2) is 60.7 Å². The van der Waals surface area contributed by atoms with Crippen LogP contribution in [0.3, 0.4) is 0 Å². The van der Waals surface area contributed by atoms with Gasteiger partial charge < -0.3 is 19.5 Å². The Labute approximate surface area is 172 Å². The normalized spacial score (nSPS) is 24.4. The lowest BCUT2D eigenvalue weighted by Gasteiger charge is -2.38. The van der Waals surface area contributed by atoms with E-state index in [2.05, 4.69) is 11.9 Å². The zero-order valence-electron chi connectivity index (χ0n) is 16.9. The van der Waals surface area contributed by atoms with E-state index in [1.54, 1.807) is 0 Å². The van der Waals surface area contributed by atoms with Gasteiger partial charge in [0.15, 0.2) is 0 Å². The quantitative estimate of drug-likeness (QED) is 0.730. The maximum Gasteiger partial charge on any atom is 0.348 e. The summed E-state index contributed by atoms with van der Waals surface area (Å²) >= 11 is 0. The molecule has 2 aromatic rings. The molecule has 2 atom stereocenters. The van der Waals surface area contributed by atoms with Crippen molar-refractivity contribution in [1.29, 1.82) is 0 Å². The minimum absolute atomic E-state index is 0.0392. The summed E-state index contributed by atoms with van der Waals surface area (Å²) < 4.78 is 12.2. The van der Waals surface area contributed by atoms with Crippen molar-refractivity contribution in [2.24, 2.45) is 0 Å². The van der Waals surface area contributed by atoms with E-state index >= 15 is 0 Å². The van der Waals surface area contributed by atoms with Crippen LogP contribution in [0, 0.1) is 0 Å². The van der Waals surface area contributed by atoms with Crippen LogP contribution < -0.4 is 0 Å². The summed E-state index contributed by atoms with van der Waals surface area (Å²) in [6, 6.07) is 19.8. The smallest absolute Gasteiger partial charge is 0.348 e. The molecule has 2 heterocycles. The lowest BCUT2D eigenvalue weighted by atomic mass is 9.85. The summed E-state index contributed by atoms with van der Waals surface area (Å²) in [7, 11) is 2.17. The van der Waals surface area contributed by atoms with Crippen molar-refractivity contribution in [3.63, 3.8) is 0 Å². The molecule has 0 radical (unpaired) electrons. The maximum atomic E-state index is 13.7. The van der Waals surface area contributed by atoms with E-state index in [0.717, 1.165) is 12.8 Å².